The maximum Gasteiger partial charge on any atom is 0.255 e. The third kappa shape index (κ3) is 4.91. The number of carbonyl (C=O) groups is 2. The number of ether oxygens (including phenoxy) is 1. The van der Waals surface area contributed by atoms with Crippen molar-refractivity contribution in [1.82, 2.24) is 5.32 Å². The van der Waals surface area contributed by atoms with Crippen LogP contribution in [0.15, 0.2) is 78.9 Å². The Kier molecular flexibility index (Phi) is 6.70. The number of nitrogens with zero attached hydrogens (tertiary/aromatic N) is 1. The monoisotopic (exact) mass is 429 g/mol. The molecule has 1 saturated heterocycles. The molecule has 4 rings (SSSR count). The van der Waals surface area contributed by atoms with Crippen molar-refractivity contribution in [3.05, 3.63) is 90.0 Å². The number of para-hydroxylation sites is 3. The molecule has 1 unspecified atom stereocenters. The van der Waals surface area contributed by atoms with Crippen LogP contribution in [0.3, 0.4) is 0 Å². The second kappa shape index (κ2) is 10.0. The third-order valence-electron chi connectivity index (χ3n) is 5.64. The first-order valence-electron chi connectivity index (χ1n) is 10.8. The topological polar surface area (TPSA) is 70.7 Å². The fraction of sp³-hybridized carbons (Fsp3) is 0.231. The largest absolute Gasteiger partial charge is 0.495 e. The molecule has 0 aromatic heterocycles. The average molecular weight is 430 g/mol. The molecule has 0 radical (unpaired) electrons. The number of methoxy groups -OCH3 is 1. The molecule has 0 spiro atoms. The smallest absolute Gasteiger partial charge is 0.255 e. The van der Waals surface area contributed by atoms with E-state index >= 15 is 0 Å². The highest BCUT2D eigenvalue weighted by molar-refractivity contribution is 6.09. The van der Waals surface area contributed by atoms with E-state index in [1.807, 2.05) is 42.5 Å². The highest BCUT2D eigenvalue weighted by Gasteiger charge is 2.24. The zero-order valence-corrected chi connectivity index (χ0v) is 18.1. The molecule has 3 aromatic rings. The van der Waals surface area contributed by atoms with Gasteiger partial charge in [-0.1, -0.05) is 42.5 Å². The van der Waals surface area contributed by atoms with Crippen LogP contribution in [0.4, 0.5) is 11.4 Å². The van der Waals surface area contributed by atoms with Gasteiger partial charge in [0.05, 0.1) is 24.0 Å². The summed E-state index contributed by atoms with van der Waals surface area (Å²) in [4.78, 5) is 27.9. The summed E-state index contributed by atoms with van der Waals surface area (Å²) in [5.41, 5.74) is 2.52. The Morgan fingerprint density at radius 1 is 0.906 bits per heavy atom. The van der Waals surface area contributed by atoms with Crippen molar-refractivity contribution in [3.8, 4) is 5.75 Å². The van der Waals surface area contributed by atoms with Gasteiger partial charge in [-0.2, -0.15) is 0 Å². The third-order valence-corrected chi connectivity index (χ3v) is 5.64. The molecule has 6 heteroatoms. The first-order valence-corrected chi connectivity index (χ1v) is 10.8. The second-order valence-corrected chi connectivity index (χ2v) is 7.80. The van der Waals surface area contributed by atoms with Crippen molar-refractivity contribution in [2.75, 3.05) is 30.4 Å². The van der Waals surface area contributed by atoms with Crippen LogP contribution in [0.1, 0.15) is 33.6 Å². The van der Waals surface area contributed by atoms with Gasteiger partial charge in [0.2, 0.25) is 0 Å². The lowest BCUT2D eigenvalue weighted by Crippen LogP contribution is -2.48. The molecule has 1 fully saturated rings. The number of nitrogens with one attached hydrogen (secondary N) is 2. The number of benzene rings is 3. The molecule has 2 amide bonds. The zero-order valence-electron chi connectivity index (χ0n) is 18.1. The Labute approximate surface area is 188 Å². The zero-order chi connectivity index (χ0) is 22.3. The van der Waals surface area contributed by atoms with E-state index in [1.165, 1.54) is 0 Å². The Morgan fingerprint density at radius 2 is 1.62 bits per heavy atom. The molecule has 1 aliphatic rings. The SMILES string of the molecule is COc1ccccc1N1CCCC(NC(=O)c2ccccc2NC(=O)c2ccccc2)C1. The summed E-state index contributed by atoms with van der Waals surface area (Å²) < 4.78 is 5.50. The molecule has 1 aliphatic heterocycles. The van der Waals surface area contributed by atoms with E-state index in [4.69, 9.17) is 4.74 Å². The summed E-state index contributed by atoms with van der Waals surface area (Å²) in [5.74, 6) is 0.389. The lowest BCUT2D eigenvalue weighted by molar-refractivity contribution is 0.0934. The van der Waals surface area contributed by atoms with E-state index in [0.717, 1.165) is 30.8 Å². The number of amides is 2. The van der Waals surface area contributed by atoms with E-state index in [9.17, 15) is 9.59 Å². The standard InChI is InChI=1S/C26H27N3O3/c1-32-24-16-8-7-15-23(24)29-17-9-12-20(18-29)27-26(31)21-13-5-6-14-22(21)28-25(30)19-10-3-2-4-11-19/h2-8,10-11,13-16,20H,9,12,17-18H2,1H3,(H,27,31)(H,28,30). The first kappa shape index (κ1) is 21.4. The van der Waals surface area contributed by atoms with Gasteiger partial charge < -0.3 is 20.3 Å². The van der Waals surface area contributed by atoms with E-state index in [2.05, 4.69) is 15.5 Å². The molecule has 32 heavy (non-hydrogen) atoms. The normalized spacial score (nSPS) is 15.7. The van der Waals surface area contributed by atoms with Gasteiger partial charge in [-0.05, 0) is 49.2 Å². The number of rotatable bonds is 6. The van der Waals surface area contributed by atoms with Gasteiger partial charge in [0.15, 0.2) is 0 Å². The fourth-order valence-corrected chi connectivity index (χ4v) is 4.04. The molecule has 0 bridgehead atoms. The van der Waals surface area contributed by atoms with Crippen molar-refractivity contribution in [1.29, 1.82) is 0 Å². The molecule has 3 aromatic carbocycles. The van der Waals surface area contributed by atoms with Crippen molar-refractivity contribution < 1.29 is 14.3 Å². The van der Waals surface area contributed by atoms with Crippen LogP contribution in [0, 0.1) is 0 Å². The highest BCUT2D eigenvalue weighted by Crippen LogP contribution is 2.30. The van der Waals surface area contributed by atoms with Crippen LogP contribution in [0.25, 0.3) is 0 Å². The Balaban J connectivity index is 1.45. The van der Waals surface area contributed by atoms with Crippen LogP contribution in [-0.4, -0.2) is 38.1 Å². The summed E-state index contributed by atoms with van der Waals surface area (Å²) >= 11 is 0. The molecule has 1 atom stereocenters. The van der Waals surface area contributed by atoms with Gasteiger partial charge in [-0.3, -0.25) is 9.59 Å². The number of hydrogen-bond donors (Lipinski definition) is 2. The quantitative estimate of drug-likeness (QED) is 0.611. The summed E-state index contributed by atoms with van der Waals surface area (Å²) in [6, 6.07) is 24.0. The highest BCUT2D eigenvalue weighted by atomic mass is 16.5. The molecule has 1 heterocycles. The molecule has 2 N–H and O–H groups in total. The van der Waals surface area contributed by atoms with E-state index in [1.54, 1.807) is 43.5 Å². The summed E-state index contributed by atoms with van der Waals surface area (Å²) in [6.45, 7) is 1.61. The van der Waals surface area contributed by atoms with Gasteiger partial charge in [0.25, 0.3) is 11.8 Å². The number of carbonyl (C=O) groups excluding carboxylic acids is 2. The van der Waals surface area contributed by atoms with Crippen molar-refractivity contribution in [3.63, 3.8) is 0 Å². The van der Waals surface area contributed by atoms with Crippen LogP contribution < -0.4 is 20.3 Å². The predicted octanol–water partition coefficient (Wildman–Crippen LogP) is 4.35. The summed E-state index contributed by atoms with van der Waals surface area (Å²) in [5, 5.41) is 6.02. The molecule has 0 aliphatic carbocycles. The van der Waals surface area contributed by atoms with Gasteiger partial charge in [-0.25, -0.2) is 0 Å². The molecule has 0 saturated carbocycles. The average Bonchev–Trinajstić information content (AvgIpc) is 2.85. The lowest BCUT2D eigenvalue weighted by Gasteiger charge is -2.35. The molecular weight excluding hydrogens is 402 g/mol. The molecule has 164 valence electrons. The fourth-order valence-electron chi connectivity index (χ4n) is 4.04. The van der Waals surface area contributed by atoms with Gasteiger partial charge in [-0.15, -0.1) is 0 Å². The minimum absolute atomic E-state index is 0.000886. The number of hydrogen-bond acceptors (Lipinski definition) is 4. The summed E-state index contributed by atoms with van der Waals surface area (Å²) in [7, 11) is 1.67. The Morgan fingerprint density at radius 3 is 2.44 bits per heavy atom. The maximum atomic E-state index is 13.1. The van der Waals surface area contributed by atoms with Crippen molar-refractivity contribution >= 4 is 23.2 Å². The lowest BCUT2D eigenvalue weighted by atomic mass is 10.0. The number of piperidine rings is 1. The van der Waals surface area contributed by atoms with E-state index in [0.29, 0.717) is 23.4 Å². The summed E-state index contributed by atoms with van der Waals surface area (Å²) in [6.07, 6.45) is 1.87. The minimum Gasteiger partial charge on any atom is -0.495 e. The molecular formula is C26H27N3O3. The second-order valence-electron chi connectivity index (χ2n) is 7.80. The van der Waals surface area contributed by atoms with Gasteiger partial charge in [0.1, 0.15) is 5.75 Å². The minimum atomic E-state index is -0.245. The van der Waals surface area contributed by atoms with Crippen LogP contribution in [0.5, 0.6) is 5.75 Å². The maximum absolute atomic E-state index is 13.1. The van der Waals surface area contributed by atoms with Crippen LogP contribution >= 0.6 is 0 Å². The van der Waals surface area contributed by atoms with Crippen LogP contribution in [0.2, 0.25) is 0 Å². The van der Waals surface area contributed by atoms with Crippen molar-refractivity contribution in [2.45, 2.75) is 18.9 Å². The van der Waals surface area contributed by atoms with Gasteiger partial charge in [0, 0.05) is 24.7 Å². The predicted molar refractivity (Wildman–Crippen MR) is 127 cm³/mol. The molecule has 6 nitrogen and oxygen atoms in total. The van der Waals surface area contributed by atoms with E-state index in [-0.39, 0.29) is 17.9 Å². The Hall–Kier alpha value is -3.80. The first-order chi connectivity index (χ1) is 15.7. The number of anilines is 2. The van der Waals surface area contributed by atoms with Gasteiger partial charge >= 0.3 is 0 Å². The Bertz CT molecular complexity index is 1080. The van der Waals surface area contributed by atoms with Crippen molar-refractivity contribution in [2.24, 2.45) is 0 Å². The van der Waals surface area contributed by atoms with Crippen LogP contribution in [-0.2, 0) is 0 Å². The van der Waals surface area contributed by atoms with E-state index < -0.39 is 0 Å².